The van der Waals surface area contributed by atoms with Gasteiger partial charge in [0.25, 0.3) is 0 Å². The molecule has 0 aromatic carbocycles. The molecule has 0 heterocycles. The fraction of sp³-hybridized carbons (Fsp3) is 0.976. The van der Waals surface area contributed by atoms with E-state index in [1.807, 2.05) is 0 Å². The first-order valence-electron chi connectivity index (χ1n) is 20.8. The SMILES string of the molecule is CCCCCCCCC(=O)OCCCCCCCCCCN(CCCCCO)CC(O)C(CCCCCC)CCCCCCCC. The van der Waals surface area contributed by atoms with Crippen LogP contribution in [0.4, 0.5) is 0 Å². The highest BCUT2D eigenvalue weighted by atomic mass is 16.5. The van der Waals surface area contributed by atoms with Crippen molar-refractivity contribution in [3.8, 4) is 0 Å². The minimum Gasteiger partial charge on any atom is -0.466 e. The number of carbonyl (C=O) groups is 1. The van der Waals surface area contributed by atoms with Gasteiger partial charge in [-0.2, -0.15) is 0 Å². The van der Waals surface area contributed by atoms with Crippen LogP contribution >= 0.6 is 0 Å². The minimum atomic E-state index is -0.218. The van der Waals surface area contributed by atoms with Crippen LogP contribution in [-0.4, -0.2) is 60.0 Å². The number of esters is 1. The highest BCUT2D eigenvalue weighted by Gasteiger charge is 2.21. The second kappa shape index (κ2) is 37.2. The summed E-state index contributed by atoms with van der Waals surface area (Å²) in [7, 11) is 0. The summed E-state index contributed by atoms with van der Waals surface area (Å²) in [5, 5.41) is 20.7. The van der Waals surface area contributed by atoms with E-state index < -0.39 is 0 Å². The average molecular weight is 654 g/mol. The normalized spacial score (nSPS) is 13.0. The molecule has 0 bridgehead atoms. The van der Waals surface area contributed by atoms with Crippen molar-refractivity contribution in [2.75, 3.05) is 32.8 Å². The van der Waals surface area contributed by atoms with Crippen LogP contribution in [0.25, 0.3) is 0 Å². The molecule has 46 heavy (non-hydrogen) atoms. The second-order valence-electron chi connectivity index (χ2n) is 14.4. The zero-order chi connectivity index (χ0) is 33.8. The van der Waals surface area contributed by atoms with Crippen LogP contribution in [0.3, 0.4) is 0 Å². The lowest BCUT2D eigenvalue weighted by atomic mass is 9.89. The average Bonchev–Trinajstić information content (AvgIpc) is 3.05. The van der Waals surface area contributed by atoms with E-state index >= 15 is 0 Å². The Morgan fingerprint density at radius 1 is 0.543 bits per heavy atom. The zero-order valence-electron chi connectivity index (χ0n) is 31.6. The maximum Gasteiger partial charge on any atom is 0.305 e. The lowest BCUT2D eigenvalue weighted by molar-refractivity contribution is -0.143. The molecule has 5 nitrogen and oxygen atoms in total. The molecule has 2 unspecified atom stereocenters. The summed E-state index contributed by atoms with van der Waals surface area (Å²) in [5.41, 5.74) is 0. The molecule has 0 aliphatic carbocycles. The van der Waals surface area contributed by atoms with Gasteiger partial charge in [0.15, 0.2) is 0 Å². The van der Waals surface area contributed by atoms with Gasteiger partial charge in [-0.25, -0.2) is 0 Å². The first-order chi connectivity index (χ1) is 22.6. The van der Waals surface area contributed by atoms with Gasteiger partial charge in [-0.3, -0.25) is 4.79 Å². The van der Waals surface area contributed by atoms with Crippen molar-refractivity contribution in [2.45, 2.75) is 219 Å². The molecule has 0 fully saturated rings. The lowest BCUT2D eigenvalue weighted by Gasteiger charge is -2.30. The molecular weight excluding hydrogens is 570 g/mol. The number of aliphatic hydroxyl groups is 2. The summed E-state index contributed by atoms with van der Waals surface area (Å²) in [4.78, 5) is 14.4. The Hall–Kier alpha value is -0.650. The van der Waals surface area contributed by atoms with Crippen molar-refractivity contribution >= 4 is 5.97 Å². The van der Waals surface area contributed by atoms with E-state index in [9.17, 15) is 15.0 Å². The highest BCUT2D eigenvalue weighted by Crippen LogP contribution is 2.23. The monoisotopic (exact) mass is 654 g/mol. The topological polar surface area (TPSA) is 70.0 Å². The third-order valence-corrected chi connectivity index (χ3v) is 9.84. The summed E-state index contributed by atoms with van der Waals surface area (Å²) >= 11 is 0. The predicted molar refractivity (Wildman–Crippen MR) is 200 cm³/mol. The molecular formula is C41H83NO4. The Balaban J connectivity index is 4.27. The van der Waals surface area contributed by atoms with Crippen molar-refractivity contribution in [1.82, 2.24) is 4.90 Å². The van der Waals surface area contributed by atoms with Crippen molar-refractivity contribution in [1.29, 1.82) is 0 Å². The number of carbonyl (C=O) groups excluding carboxylic acids is 1. The first-order valence-corrected chi connectivity index (χ1v) is 20.8. The van der Waals surface area contributed by atoms with Gasteiger partial charge in [-0.1, -0.05) is 156 Å². The molecule has 2 N–H and O–H groups in total. The van der Waals surface area contributed by atoms with Gasteiger partial charge in [0, 0.05) is 19.6 Å². The second-order valence-corrected chi connectivity index (χ2v) is 14.4. The third kappa shape index (κ3) is 31.9. The number of hydrogen-bond donors (Lipinski definition) is 2. The summed E-state index contributed by atoms with van der Waals surface area (Å²) < 4.78 is 5.43. The number of unbranched alkanes of at least 4 members (excludes halogenated alkanes) is 22. The Kier molecular flexibility index (Phi) is 36.6. The fourth-order valence-corrected chi connectivity index (χ4v) is 6.69. The largest absolute Gasteiger partial charge is 0.466 e. The van der Waals surface area contributed by atoms with Gasteiger partial charge >= 0.3 is 5.97 Å². The number of ether oxygens (including phenoxy) is 1. The van der Waals surface area contributed by atoms with E-state index in [-0.39, 0.29) is 18.7 Å². The standard InChI is InChI=1S/C41H83NO4/c1-4-7-10-13-19-25-32-39(31-24-12-9-6-3)40(44)38-42(35-28-23-29-36-43)34-27-21-17-15-16-18-22-30-37-46-41(45)33-26-20-14-11-8-5-2/h39-40,43-44H,4-38H2,1-3H3. The van der Waals surface area contributed by atoms with E-state index in [0.29, 0.717) is 18.9 Å². The summed E-state index contributed by atoms with van der Waals surface area (Å²) in [6.45, 7) is 10.6. The maximum atomic E-state index is 11.9. The molecule has 0 rings (SSSR count). The Bertz CT molecular complexity index is 601. The molecule has 0 radical (unpaired) electrons. The first kappa shape index (κ1) is 45.3. The van der Waals surface area contributed by atoms with Gasteiger partial charge in [0.1, 0.15) is 0 Å². The molecule has 0 spiro atoms. The Labute approximate surface area is 288 Å². The molecule has 0 aliphatic rings. The van der Waals surface area contributed by atoms with E-state index in [2.05, 4.69) is 25.7 Å². The van der Waals surface area contributed by atoms with Crippen LogP contribution in [0, 0.1) is 5.92 Å². The van der Waals surface area contributed by atoms with Gasteiger partial charge in [-0.05, 0) is 70.4 Å². The van der Waals surface area contributed by atoms with Crippen LogP contribution < -0.4 is 0 Å². The van der Waals surface area contributed by atoms with Crippen molar-refractivity contribution in [2.24, 2.45) is 5.92 Å². The third-order valence-electron chi connectivity index (χ3n) is 9.84. The predicted octanol–water partition coefficient (Wildman–Crippen LogP) is 11.6. The highest BCUT2D eigenvalue weighted by molar-refractivity contribution is 5.69. The molecule has 0 amide bonds. The fourth-order valence-electron chi connectivity index (χ4n) is 6.69. The van der Waals surface area contributed by atoms with Crippen LogP contribution in [0.1, 0.15) is 213 Å². The van der Waals surface area contributed by atoms with E-state index in [1.165, 1.54) is 141 Å². The number of rotatable bonds is 38. The molecule has 0 aliphatic heterocycles. The van der Waals surface area contributed by atoms with Crippen LogP contribution in [0.2, 0.25) is 0 Å². The van der Waals surface area contributed by atoms with Crippen molar-refractivity contribution < 1.29 is 19.7 Å². The van der Waals surface area contributed by atoms with Crippen LogP contribution in [0.15, 0.2) is 0 Å². The molecule has 276 valence electrons. The Morgan fingerprint density at radius 2 is 0.957 bits per heavy atom. The zero-order valence-corrected chi connectivity index (χ0v) is 31.6. The summed E-state index contributed by atoms with van der Waals surface area (Å²) in [6.07, 6.45) is 35.8. The molecule has 0 saturated heterocycles. The van der Waals surface area contributed by atoms with Gasteiger partial charge in [0.2, 0.25) is 0 Å². The molecule has 0 saturated carbocycles. The van der Waals surface area contributed by atoms with E-state index in [1.54, 1.807) is 0 Å². The van der Waals surface area contributed by atoms with Crippen molar-refractivity contribution in [3.05, 3.63) is 0 Å². The van der Waals surface area contributed by atoms with E-state index in [0.717, 1.165) is 64.6 Å². The van der Waals surface area contributed by atoms with E-state index in [4.69, 9.17) is 4.74 Å². The molecule has 0 aromatic rings. The number of nitrogens with zero attached hydrogens (tertiary/aromatic N) is 1. The molecule has 0 aromatic heterocycles. The number of hydrogen-bond acceptors (Lipinski definition) is 5. The van der Waals surface area contributed by atoms with Gasteiger partial charge in [0.05, 0.1) is 12.7 Å². The maximum absolute atomic E-state index is 11.9. The lowest BCUT2D eigenvalue weighted by Crippen LogP contribution is -2.38. The summed E-state index contributed by atoms with van der Waals surface area (Å²) in [5.74, 6) is 0.428. The summed E-state index contributed by atoms with van der Waals surface area (Å²) in [6, 6.07) is 0. The van der Waals surface area contributed by atoms with Gasteiger partial charge < -0.3 is 19.8 Å². The van der Waals surface area contributed by atoms with Gasteiger partial charge in [-0.15, -0.1) is 0 Å². The molecule has 5 heteroatoms. The van der Waals surface area contributed by atoms with Crippen molar-refractivity contribution in [3.63, 3.8) is 0 Å². The van der Waals surface area contributed by atoms with Crippen LogP contribution in [0.5, 0.6) is 0 Å². The minimum absolute atomic E-state index is 0.00856. The smallest absolute Gasteiger partial charge is 0.305 e. The number of aliphatic hydroxyl groups excluding tert-OH is 2. The quantitative estimate of drug-likeness (QED) is 0.0512. The van der Waals surface area contributed by atoms with Crippen LogP contribution in [-0.2, 0) is 9.53 Å². The Morgan fingerprint density at radius 3 is 1.48 bits per heavy atom. The molecule has 2 atom stereocenters.